The Labute approximate surface area is 209 Å². The molecule has 0 fully saturated rings. The Morgan fingerprint density at radius 1 is 0.912 bits per heavy atom. The summed E-state index contributed by atoms with van der Waals surface area (Å²) in [5.74, 6) is -0.712. The van der Waals surface area contributed by atoms with Crippen LogP contribution in [-0.2, 0) is 16.0 Å². The summed E-state index contributed by atoms with van der Waals surface area (Å²) < 4.78 is 0.968. The summed E-state index contributed by atoms with van der Waals surface area (Å²) in [7, 11) is 0. The Balaban J connectivity index is 1.46. The van der Waals surface area contributed by atoms with Gasteiger partial charge in [-0.3, -0.25) is 14.9 Å². The molecule has 0 spiro atoms. The molecule has 3 aromatic carbocycles. The lowest BCUT2D eigenvalue weighted by Crippen LogP contribution is -2.44. The maximum atomic E-state index is 13.1. The fraction of sp³-hybridized carbons (Fsp3) is 0.0769. The van der Waals surface area contributed by atoms with Gasteiger partial charge in [-0.25, -0.2) is 0 Å². The minimum Gasteiger partial charge on any atom is -0.340 e. The predicted molar refractivity (Wildman–Crippen MR) is 139 cm³/mol. The molecular weight excluding hydrogens is 512 g/mol. The van der Waals surface area contributed by atoms with Crippen molar-refractivity contribution in [2.45, 2.75) is 12.5 Å². The number of carbonyl (C=O) groups is 2. The van der Waals surface area contributed by atoms with Crippen molar-refractivity contribution in [1.82, 2.24) is 15.5 Å². The Kier molecular flexibility index (Phi) is 7.95. The van der Waals surface area contributed by atoms with Crippen molar-refractivity contribution in [3.05, 3.63) is 107 Å². The zero-order chi connectivity index (χ0) is 23.8. The van der Waals surface area contributed by atoms with E-state index in [4.69, 9.17) is 0 Å². The topological polar surface area (TPSA) is 84.0 Å². The maximum Gasteiger partial charge on any atom is 0.249 e. The van der Waals surface area contributed by atoms with E-state index in [0.29, 0.717) is 16.6 Å². The van der Waals surface area contributed by atoms with E-state index in [0.717, 1.165) is 21.2 Å². The van der Waals surface area contributed by atoms with E-state index in [1.54, 1.807) is 6.08 Å². The number of nitrogens with zero attached hydrogens (tertiary/aromatic N) is 2. The number of hydrogen-bond acceptors (Lipinski definition) is 5. The van der Waals surface area contributed by atoms with Crippen molar-refractivity contribution in [2.75, 3.05) is 5.32 Å². The van der Waals surface area contributed by atoms with Crippen LogP contribution in [0.2, 0.25) is 0 Å². The third-order valence-corrected chi connectivity index (χ3v) is 6.31. The summed E-state index contributed by atoms with van der Waals surface area (Å²) in [6.07, 6.45) is 3.48. The standard InChI is InChI=1S/C26H21BrN4O2S/c27-21-14-12-20(13-15-21)25-30-31-26(34-25)29-24(33)22(17-19-9-5-2-6-10-19)28-23(32)16-11-18-7-3-1-4-8-18/h1-16,22H,17H2,(H,28,32)(H,29,31,33)/b16-11+. The van der Waals surface area contributed by atoms with Crippen LogP contribution in [0, 0.1) is 0 Å². The average Bonchev–Trinajstić information content (AvgIpc) is 3.32. The molecule has 2 N–H and O–H groups in total. The highest BCUT2D eigenvalue weighted by Crippen LogP contribution is 2.27. The first kappa shape index (κ1) is 23.5. The smallest absolute Gasteiger partial charge is 0.249 e. The lowest BCUT2D eigenvalue weighted by atomic mass is 10.1. The third kappa shape index (κ3) is 6.69. The van der Waals surface area contributed by atoms with Gasteiger partial charge in [0.15, 0.2) is 0 Å². The van der Waals surface area contributed by atoms with Crippen molar-refractivity contribution >= 4 is 50.3 Å². The Bertz CT molecular complexity index is 1280. The van der Waals surface area contributed by atoms with Gasteiger partial charge in [-0.2, -0.15) is 0 Å². The molecule has 4 aromatic rings. The van der Waals surface area contributed by atoms with Gasteiger partial charge in [0, 0.05) is 22.5 Å². The molecule has 0 saturated heterocycles. The van der Waals surface area contributed by atoms with Crippen LogP contribution >= 0.6 is 27.3 Å². The van der Waals surface area contributed by atoms with Crippen molar-refractivity contribution in [1.29, 1.82) is 0 Å². The molecule has 1 heterocycles. The van der Waals surface area contributed by atoms with Gasteiger partial charge in [0.2, 0.25) is 16.9 Å². The molecule has 1 unspecified atom stereocenters. The summed E-state index contributed by atoms with van der Waals surface area (Å²) in [4.78, 5) is 25.7. The summed E-state index contributed by atoms with van der Waals surface area (Å²) in [5, 5.41) is 15.0. The van der Waals surface area contributed by atoms with E-state index in [1.807, 2.05) is 84.9 Å². The highest BCUT2D eigenvalue weighted by molar-refractivity contribution is 9.10. The maximum absolute atomic E-state index is 13.1. The number of aromatic nitrogens is 2. The van der Waals surface area contributed by atoms with Crippen molar-refractivity contribution in [3.8, 4) is 10.6 Å². The van der Waals surface area contributed by atoms with Crippen LogP contribution in [0.25, 0.3) is 16.6 Å². The van der Waals surface area contributed by atoms with Crippen LogP contribution in [0.4, 0.5) is 5.13 Å². The van der Waals surface area contributed by atoms with Crippen LogP contribution in [0.3, 0.4) is 0 Å². The Morgan fingerprint density at radius 2 is 1.59 bits per heavy atom. The van der Waals surface area contributed by atoms with Crippen LogP contribution in [0.1, 0.15) is 11.1 Å². The number of benzene rings is 3. The highest BCUT2D eigenvalue weighted by Gasteiger charge is 2.22. The molecule has 0 radical (unpaired) electrons. The normalized spacial score (nSPS) is 11.8. The van der Waals surface area contributed by atoms with Gasteiger partial charge in [-0.15, -0.1) is 10.2 Å². The zero-order valence-corrected chi connectivity index (χ0v) is 20.4. The van der Waals surface area contributed by atoms with Gasteiger partial charge in [-0.1, -0.05) is 100 Å². The molecule has 34 heavy (non-hydrogen) atoms. The molecule has 0 aliphatic carbocycles. The summed E-state index contributed by atoms with van der Waals surface area (Å²) in [6, 6.07) is 26.0. The van der Waals surface area contributed by atoms with E-state index < -0.39 is 6.04 Å². The van der Waals surface area contributed by atoms with Gasteiger partial charge in [0.05, 0.1) is 0 Å². The summed E-state index contributed by atoms with van der Waals surface area (Å²) in [6.45, 7) is 0. The first-order valence-corrected chi connectivity index (χ1v) is 12.2. The largest absolute Gasteiger partial charge is 0.340 e. The molecule has 8 heteroatoms. The van der Waals surface area contributed by atoms with Gasteiger partial charge >= 0.3 is 0 Å². The van der Waals surface area contributed by atoms with E-state index in [-0.39, 0.29) is 11.8 Å². The van der Waals surface area contributed by atoms with E-state index in [1.165, 1.54) is 17.4 Å². The van der Waals surface area contributed by atoms with Crippen LogP contribution in [-0.4, -0.2) is 28.1 Å². The molecule has 2 amide bonds. The Hall–Kier alpha value is -3.62. The van der Waals surface area contributed by atoms with E-state index in [9.17, 15) is 9.59 Å². The number of anilines is 1. The molecule has 0 aliphatic heterocycles. The molecule has 4 rings (SSSR count). The number of hydrogen-bond donors (Lipinski definition) is 2. The van der Waals surface area contributed by atoms with Gasteiger partial charge in [0.25, 0.3) is 0 Å². The molecule has 170 valence electrons. The molecular formula is C26H21BrN4O2S. The minimum absolute atomic E-state index is 0.343. The molecule has 0 saturated carbocycles. The minimum atomic E-state index is -0.782. The van der Waals surface area contributed by atoms with E-state index in [2.05, 4.69) is 36.8 Å². The average molecular weight is 533 g/mol. The van der Waals surface area contributed by atoms with Crippen LogP contribution in [0.5, 0.6) is 0 Å². The third-order valence-electron chi connectivity index (χ3n) is 4.89. The van der Waals surface area contributed by atoms with Gasteiger partial charge in [-0.05, 0) is 29.3 Å². The SMILES string of the molecule is O=C(/C=C/c1ccccc1)NC(Cc1ccccc1)C(=O)Nc1nnc(-c2ccc(Br)cc2)s1. The molecule has 1 atom stereocenters. The highest BCUT2D eigenvalue weighted by atomic mass is 79.9. The zero-order valence-electron chi connectivity index (χ0n) is 18.0. The first-order valence-electron chi connectivity index (χ1n) is 10.5. The number of nitrogens with one attached hydrogen (secondary N) is 2. The number of carbonyl (C=O) groups excluding carboxylic acids is 2. The lowest BCUT2D eigenvalue weighted by Gasteiger charge is -2.17. The van der Waals surface area contributed by atoms with Crippen molar-refractivity contribution in [3.63, 3.8) is 0 Å². The van der Waals surface area contributed by atoms with Crippen LogP contribution in [0.15, 0.2) is 95.5 Å². The lowest BCUT2D eigenvalue weighted by molar-refractivity contribution is -0.123. The number of halogens is 1. The molecule has 0 aliphatic rings. The van der Waals surface area contributed by atoms with Crippen molar-refractivity contribution < 1.29 is 9.59 Å². The van der Waals surface area contributed by atoms with Gasteiger partial charge < -0.3 is 5.32 Å². The second-order valence-corrected chi connectivity index (χ2v) is 9.30. The second kappa shape index (κ2) is 11.5. The van der Waals surface area contributed by atoms with Crippen LogP contribution < -0.4 is 10.6 Å². The molecule has 0 bridgehead atoms. The Morgan fingerprint density at radius 3 is 2.29 bits per heavy atom. The quantitative estimate of drug-likeness (QED) is 0.299. The fourth-order valence-electron chi connectivity index (χ4n) is 3.19. The molecule has 1 aromatic heterocycles. The second-order valence-electron chi connectivity index (χ2n) is 7.40. The monoisotopic (exact) mass is 532 g/mol. The fourth-order valence-corrected chi connectivity index (χ4v) is 4.21. The molecule has 6 nitrogen and oxygen atoms in total. The van der Waals surface area contributed by atoms with Gasteiger partial charge in [0.1, 0.15) is 11.0 Å². The number of amides is 2. The summed E-state index contributed by atoms with van der Waals surface area (Å²) >= 11 is 4.69. The van der Waals surface area contributed by atoms with Crippen molar-refractivity contribution in [2.24, 2.45) is 0 Å². The first-order chi connectivity index (χ1) is 16.6. The van der Waals surface area contributed by atoms with E-state index >= 15 is 0 Å². The summed E-state index contributed by atoms with van der Waals surface area (Å²) in [5.41, 5.74) is 2.74. The predicted octanol–water partition coefficient (Wildman–Crippen LogP) is 5.35. The number of rotatable bonds is 8.